The molecule has 0 aromatic heterocycles. The minimum atomic E-state index is -3.80. The molecule has 2 aromatic carbocycles. The van der Waals surface area contributed by atoms with Crippen molar-refractivity contribution in [1.29, 1.82) is 0 Å². The normalized spacial score (nSPS) is 17.9. The van der Waals surface area contributed by atoms with Crippen LogP contribution in [0, 0.1) is 0 Å². The van der Waals surface area contributed by atoms with E-state index in [0.29, 0.717) is 35.9 Å². The lowest BCUT2D eigenvalue weighted by molar-refractivity contribution is -0.123. The summed E-state index contributed by atoms with van der Waals surface area (Å²) >= 11 is 0. The number of amides is 2. The summed E-state index contributed by atoms with van der Waals surface area (Å²) in [4.78, 5) is 30.5. The third-order valence-electron chi connectivity index (χ3n) is 4.98. The molecule has 0 spiro atoms. The van der Waals surface area contributed by atoms with E-state index in [1.165, 1.54) is 24.0 Å². The maximum atomic E-state index is 12.8. The topological polar surface area (TPSA) is 117 Å². The molecule has 0 fully saturated rings. The van der Waals surface area contributed by atoms with E-state index >= 15 is 0 Å². The van der Waals surface area contributed by atoms with Crippen molar-refractivity contribution in [2.75, 3.05) is 23.3 Å². The monoisotopic (exact) mass is 442 g/mol. The summed E-state index contributed by atoms with van der Waals surface area (Å²) in [7, 11) is -3.80. The quantitative estimate of drug-likeness (QED) is 0.750. The number of benzene rings is 2. The van der Waals surface area contributed by atoms with Crippen LogP contribution in [0.5, 0.6) is 5.75 Å². The molecule has 10 heteroatoms. The van der Waals surface area contributed by atoms with Gasteiger partial charge in [0.1, 0.15) is 11.6 Å². The molecule has 2 amide bonds. The van der Waals surface area contributed by atoms with Gasteiger partial charge in [-0.05, 0) is 36.8 Å². The Labute approximate surface area is 180 Å². The predicted octanol–water partition coefficient (Wildman–Crippen LogP) is 1.91. The summed E-state index contributed by atoms with van der Waals surface area (Å²) in [5, 5.41) is 2.68. The Morgan fingerprint density at radius 3 is 2.71 bits per heavy atom. The number of aliphatic imine (C=N–C) groups is 1. The Morgan fingerprint density at radius 2 is 1.97 bits per heavy atom. The van der Waals surface area contributed by atoms with Crippen molar-refractivity contribution in [2.24, 2.45) is 4.99 Å². The fourth-order valence-corrected chi connectivity index (χ4v) is 4.60. The lowest BCUT2D eigenvalue weighted by atomic mass is 10.1. The number of hydrogen-bond acceptors (Lipinski definition) is 6. The van der Waals surface area contributed by atoms with E-state index in [4.69, 9.17) is 4.74 Å². The summed E-state index contributed by atoms with van der Waals surface area (Å²) in [6, 6.07) is 12.9. The van der Waals surface area contributed by atoms with Crippen LogP contribution < -0.4 is 19.7 Å². The van der Waals surface area contributed by atoms with Crippen LogP contribution in [-0.4, -0.2) is 45.3 Å². The van der Waals surface area contributed by atoms with E-state index < -0.39 is 22.0 Å². The third-order valence-corrected chi connectivity index (χ3v) is 6.36. The molecule has 4 rings (SSSR count). The maximum absolute atomic E-state index is 12.8. The van der Waals surface area contributed by atoms with Gasteiger partial charge in [-0.15, -0.1) is 0 Å². The molecule has 0 unspecified atom stereocenters. The molecule has 2 aliphatic rings. The van der Waals surface area contributed by atoms with Crippen molar-refractivity contribution < 1.29 is 22.7 Å². The number of para-hydroxylation sites is 2. The molecular weight excluding hydrogens is 420 g/mol. The highest BCUT2D eigenvalue weighted by Crippen LogP contribution is 2.33. The maximum Gasteiger partial charge on any atom is 0.267 e. The van der Waals surface area contributed by atoms with Crippen LogP contribution in [0.2, 0.25) is 0 Å². The van der Waals surface area contributed by atoms with E-state index in [2.05, 4.69) is 15.0 Å². The van der Waals surface area contributed by atoms with Crippen molar-refractivity contribution in [3.05, 3.63) is 48.5 Å². The van der Waals surface area contributed by atoms with Gasteiger partial charge in [-0.1, -0.05) is 18.2 Å². The standard InChI is InChI=1S/C21H22N4O5S/c1-14(26)25-13-19(30-18-9-3-2-8-17(18)25)21(27)23-15-6-4-7-16(12-15)31(28,29)24-20-10-5-11-22-20/h2-4,6-9,12,19H,5,10-11,13H2,1H3,(H,22,24)(H,23,27)/t19-/m0/s1. The molecule has 31 heavy (non-hydrogen) atoms. The molecule has 162 valence electrons. The third kappa shape index (κ3) is 4.53. The summed E-state index contributed by atoms with van der Waals surface area (Å²) < 4.78 is 33.5. The summed E-state index contributed by atoms with van der Waals surface area (Å²) in [6.45, 7) is 2.08. The highest BCUT2D eigenvalue weighted by molar-refractivity contribution is 7.90. The van der Waals surface area contributed by atoms with Crippen LogP contribution in [-0.2, 0) is 19.6 Å². The summed E-state index contributed by atoms with van der Waals surface area (Å²) in [5.41, 5.74) is 0.908. The van der Waals surface area contributed by atoms with Gasteiger partial charge in [0.2, 0.25) is 5.91 Å². The second-order valence-corrected chi connectivity index (χ2v) is 8.94. The first-order chi connectivity index (χ1) is 14.8. The van der Waals surface area contributed by atoms with Crippen molar-refractivity contribution in [2.45, 2.75) is 30.8 Å². The number of carbonyl (C=O) groups excluding carboxylic acids is 2. The average molecular weight is 442 g/mol. The molecule has 0 bridgehead atoms. The molecular formula is C21H22N4O5S. The fourth-order valence-electron chi connectivity index (χ4n) is 3.47. The van der Waals surface area contributed by atoms with Crippen LogP contribution in [0.1, 0.15) is 19.8 Å². The zero-order valence-electron chi connectivity index (χ0n) is 16.9. The molecule has 2 aromatic rings. The van der Waals surface area contributed by atoms with Gasteiger partial charge in [-0.3, -0.25) is 19.3 Å². The number of carbonyl (C=O) groups is 2. The minimum absolute atomic E-state index is 0.0140. The van der Waals surface area contributed by atoms with E-state index in [-0.39, 0.29) is 17.3 Å². The van der Waals surface area contributed by atoms with Crippen LogP contribution >= 0.6 is 0 Å². The number of sulfonamides is 1. The van der Waals surface area contributed by atoms with Gasteiger partial charge in [0.05, 0.1) is 17.1 Å². The van der Waals surface area contributed by atoms with Crippen molar-refractivity contribution in [1.82, 2.24) is 4.72 Å². The SMILES string of the molecule is CC(=O)N1C[C@@H](C(=O)Nc2cccc(S(=O)(=O)NC3=NCCC3)c2)Oc2ccccc21. The number of anilines is 2. The molecule has 2 N–H and O–H groups in total. The van der Waals surface area contributed by atoms with E-state index in [9.17, 15) is 18.0 Å². The number of hydrogen-bond donors (Lipinski definition) is 2. The Balaban J connectivity index is 1.50. The van der Waals surface area contributed by atoms with Gasteiger partial charge >= 0.3 is 0 Å². The molecule has 0 aliphatic carbocycles. The molecule has 1 atom stereocenters. The van der Waals surface area contributed by atoms with E-state index in [1.807, 2.05) is 0 Å². The molecule has 0 radical (unpaired) electrons. The van der Waals surface area contributed by atoms with Crippen LogP contribution in [0.3, 0.4) is 0 Å². The Kier molecular flexibility index (Phi) is 5.64. The molecule has 2 heterocycles. The Bertz CT molecular complexity index is 1160. The molecule has 0 saturated carbocycles. The predicted molar refractivity (Wildman–Crippen MR) is 116 cm³/mol. The van der Waals surface area contributed by atoms with Gasteiger partial charge < -0.3 is 15.0 Å². The number of fused-ring (bicyclic) bond motifs is 1. The van der Waals surface area contributed by atoms with Crippen LogP contribution in [0.25, 0.3) is 0 Å². The fraction of sp³-hybridized carbons (Fsp3) is 0.286. The lowest BCUT2D eigenvalue weighted by Gasteiger charge is -2.33. The van der Waals surface area contributed by atoms with Gasteiger partial charge in [-0.25, -0.2) is 8.42 Å². The van der Waals surface area contributed by atoms with Crippen molar-refractivity contribution in [3.63, 3.8) is 0 Å². The number of nitrogens with zero attached hydrogens (tertiary/aromatic N) is 2. The van der Waals surface area contributed by atoms with Gasteiger partial charge in [0.15, 0.2) is 6.10 Å². The number of amidine groups is 1. The van der Waals surface area contributed by atoms with Gasteiger partial charge in [0.25, 0.3) is 15.9 Å². The summed E-state index contributed by atoms with van der Waals surface area (Å²) in [6.07, 6.45) is 0.462. The largest absolute Gasteiger partial charge is 0.476 e. The van der Waals surface area contributed by atoms with E-state index in [1.54, 1.807) is 36.4 Å². The second-order valence-electron chi connectivity index (χ2n) is 7.26. The number of rotatable bonds is 4. The van der Waals surface area contributed by atoms with Crippen molar-refractivity contribution >= 4 is 39.0 Å². The number of ether oxygens (including phenoxy) is 1. The second kappa shape index (κ2) is 8.38. The van der Waals surface area contributed by atoms with E-state index in [0.717, 1.165) is 6.42 Å². The number of nitrogens with one attached hydrogen (secondary N) is 2. The first-order valence-electron chi connectivity index (χ1n) is 9.84. The first-order valence-corrected chi connectivity index (χ1v) is 11.3. The molecule has 9 nitrogen and oxygen atoms in total. The summed E-state index contributed by atoms with van der Waals surface area (Å²) in [5.74, 6) is 0.181. The minimum Gasteiger partial charge on any atom is -0.476 e. The van der Waals surface area contributed by atoms with Crippen molar-refractivity contribution in [3.8, 4) is 5.75 Å². The highest BCUT2D eigenvalue weighted by Gasteiger charge is 2.32. The Hall–Kier alpha value is -3.40. The zero-order chi connectivity index (χ0) is 22.0. The van der Waals surface area contributed by atoms with Crippen LogP contribution in [0.4, 0.5) is 11.4 Å². The van der Waals surface area contributed by atoms with Gasteiger partial charge in [0, 0.05) is 25.6 Å². The van der Waals surface area contributed by atoms with Crippen LogP contribution in [0.15, 0.2) is 58.4 Å². The highest BCUT2D eigenvalue weighted by atomic mass is 32.2. The molecule has 0 saturated heterocycles. The smallest absolute Gasteiger partial charge is 0.267 e. The van der Waals surface area contributed by atoms with Gasteiger partial charge in [-0.2, -0.15) is 0 Å². The zero-order valence-corrected chi connectivity index (χ0v) is 17.7. The lowest BCUT2D eigenvalue weighted by Crippen LogP contribution is -2.48. The molecule has 2 aliphatic heterocycles. The Morgan fingerprint density at radius 1 is 1.16 bits per heavy atom. The first kappa shape index (κ1) is 20.9. The average Bonchev–Trinajstić information content (AvgIpc) is 3.25.